The van der Waals surface area contributed by atoms with E-state index in [0.717, 1.165) is 11.0 Å². The van der Waals surface area contributed by atoms with Crippen molar-refractivity contribution in [2.75, 3.05) is 6.61 Å². The first-order valence-electron chi connectivity index (χ1n) is 4.94. The predicted molar refractivity (Wildman–Crippen MR) is 63.0 cm³/mol. The maximum absolute atomic E-state index is 11.4. The minimum atomic E-state index is -0.265. The number of aromatic nitrogens is 3. The lowest BCUT2D eigenvalue weighted by atomic mass is 10.2. The lowest BCUT2D eigenvalue weighted by Crippen LogP contribution is -2.09. The van der Waals surface area contributed by atoms with Crippen LogP contribution in [0.1, 0.15) is 12.6 Å². The highest BCUT2D eigenvalue weighted by atomic mass is 31.0. The highest BCUT2D eigenvalue weighted by Gasteiger charge is 2.11. The zero-order valence-corrected chi connectivity index (χ0v) is 10.0. The van der Waals surface area contributed by atoms with Crippen molar-refractivity contribution < 1.29 is 9.53 Å². The van der Waals surface area contributed by atoms with E-state index in [1.807, 2.05) is 16.6 Å². The number of ether oxygens (including phenoxy) is 1. The second kappa shape index (κ2) is 4.58. The van der Waals surface area contributed by atoms with Crippen molar-refractivity contribution in [1.82, 2.24) is 14.3 Å². The molecule has 2 rings (SSSR count). The molecular weight excluding hydrogens is 225 g/mol. The molecule has 0 aliphatic rings. The van der Waals surface area contributed by atoms with Gasteiger partial charge in [-0.15, -0.1) is 0 Å². The van der Waals surface area contributed by atoms with Crippen LogP contribution in [0.2, 0.25) is 0 Å². The molecule has 0 fully saturated rings. The van der Waals surface area contributed by atoms with Gasteiger partial charge in [-0.25, -0.2) is 9.97 Å². The molecule has 2 aromatic rings. The molecule has 0 amide bonds. The van der Waals surface area contributed by atoms with Crippen LogP contribution in [0.4, 0.5) is 0 Å². The SMILES string of the molecule is CCOC(=O)Cc1ncnc2c1ccn2P. The summed E-state index contributed by atoms with van der Waals surface area (Å²) in [6.07, 6.45) is 3.50. The van der Waals surface area contributed by atoms with Crippen molar-refractivity contribution >= 4 is 26.4 Å². The summed E-state index contributed by atoms with van der Waals surface area (Å²) >= 11 is 0. The smallest absolute Gasteiger partial charge is 0.311 e. The van der Waals surface area contributed by atoms with Crippen molar-refractivity contribution in [2.24, 2.45) is 0 Å². The van der Waals surface area contributed by atoms with Crippen LogP contribution in [0, 0.1) is 0 Å². The summed E-state index contributed by atoms with van der Waals surface area (Å²) in [7, 11) is 2.53. The first-order chi connectivity index (χ1) is 7.72. The number of hydrogen-bond acceptors (Lipinski definition) is 4. The maximum Gasteiger partial charge on any atom is 0.311 e. The van der Waals surface area contributed by atoms with E-state index in [1.165, 1.54) is 6.33 Å². The van der Waals surface area contributed by atoms with E-state index >= 15 is 0 Å². The van der Waals surface area contributed by atoms with E-state index in [2.05, 4.69) is 19.4 Å². The number of rotatable bonds is 3. The molecule has 84 valence electrons. The van der Waals surface area contributed by atoms with Gasteiger partial charge in [0.1, 0.15) is 12.0 Å². The lowest BCUT2D eigenvalue weighted by molar-refractivity contribution is -0.142. The molecule has 1 atom stereocenters. The molecule has 5 nitrogen and oxygen atoms in total. The Labute approximate surface area is 95.1 Å². The number of fused-ring (bicyclic) bond motifs is 1. The molecule has 0 N–H and O–H groups in total. The topological polar surface area (TPSA) is 57.0 Å². The molecule has 0 saturated carbocycles. The van der Waals surface area contributed by atoms with E-state index in [4.69, 9.17) is 4.74 Å². The summed E-state index contributed by atoms with van der Waals surface area (Å²) in [4.78, 5) is 19.6. The third kappa shape index (κ3) is 2.04. The monoisotopic (exact) mass is 237 g/mol. The predicted octanol–water partition coefficient (Wildman–Crippen LogP) is 1.18. The zero-order chi connectivity index (χ0) is 11.5. The number of esters is 1. The van der Waals surface area contributed by atoms with Crippen molar-refractivity contribution in [1.29, 1.82) is 0 Å². The Kier molecular flexibility index (Phi) is 3.15. The summed E-state index contributed by atoms with van der Waals surface area (Å²) in [6, 6.07) is 1.89. The van der Waals surface area contributed by atoms with E-state index < -0.39 is 0 Å². The van der Waals surface area contributed by atoms with Gasteiger partial charge in [0.15, 0.2) is 0 Å². The minimum Gasteiger partial charge on any atom is -0.466 e. The van der Waals surface area contributed by atoms with Crippen molar-refractivity contribution in [3.8, 4) is 0 Å². The van der Waals surface area contributed by atoms with E-state index in [-0.39, 0.29) is 12.4 Å². The van der Waals surface area contributed by atoms with E-state index in [1.54, 1.807) is 6.92 Å². The minimum absolute atomic E-state index is 0.182. The van der Waals surface area contributed by atoms with Crippen molar-refractivity contribution in [3.63, 3.8) is 0 Å². The normalized spacial score (nSPS) is 10.6. The van der Waals surface area contributed by atoms with Crippen LogP contribution in [0.3, 0.4) is 0 Å². The average Bonchev–Trinajstić information content (AvgIpc) is 2.62. The fourth-order valence-corrected chi connectivity index (χ4v) is 1.80. The van der Waals surface area contributed by atoms with Crippen LogP contribution in [0.25, 0.3) is 11.0 Å². The molecule has 2 aromatic heterocycles. The first kappa shape index (κ1) is 11.0. The number of hydrogen-bond donors (Lipinski definition) is 0. The van der Waals surface area contributed by atoms with Crippen LogP contribution in [-0.4, -0.2) is 26.9 Å². The van der Waals surface area contributed by atoms with Crippen LogP contribution in [0.5, 0.6) is 0 Å². The van der Waals surface area contributed by atoms with Crippen LogP contribution >= 0.6 is 9.39 Å². The molecule has 0 aliphatic heterocycles. The molecule has 0 spiro atoms. The summed E-state index contributed by atoms with van der Waals surface area (Å²) < 4.78 is 6.70. The Hall–Kier alpha value is -1.48. The van der Waals surface area contributed by atoms with Gasteiger partial charge < -0.3 is 9.07 Å². The second-order valence-electron chi connectivity index (χ2n) is 3.26. The van der Waals surface area contributed by atoms with Crippen LogP contribution in [0.15, 0.2) is 18.6 Å². The van der Waals surface area contributed by atoms with Gasteiger partial charge in [-0.1, -0.05) is 0 Å². The zero-order valence-electron chi connectivity index (χ0n) is 8.88. The van der Waals surface area contributed by atoms with Gasteiger partial charge in [-0.3, -0.25) is 4.79 Å². The molecular formula is C10H12N3O2P. The number of carbonyl (C=O) groups excluding carboxylic acids is 1. The first-order valence-corrected chi connectivity index (χ1v) is 5.45. The van der Waals surface area contributed by atoms with Gasteiger partial charge in [0.2, 0.25) is 0 Å². The Balaban J connectivity index is 2.34. The summed E-state index contributed by atoms with van der Waals surface area (Å²) in [5, 5.41) is 0.880. The molecule has 0 aliphatic carbocycles. The van der Waals surface area contributed by atoms with E-state index in [9.17, 15) is 4.79 Å². The summed E-state index contributed by atoms with van der Waals surface area (Å²) in [5.41, 5.74) is 1.49. The van der Waals surface area contributed by atoms with Crippen molar-refractivity contribution in [3.05, 3.63) is 24.3 Å². The van der Waals surface area contributed by atoms with E-state index in [0.29, 0.717) is 12.3 Å². The standard InChI is InChI=1S/C10H12N3O2P/c1-2-15-9(14)5-8-7-3-4-13(16)10(7)12-6-11-8/h3-4,6H,2,5,16H2,1H3. The molecule has 0 radical (unpaired) electrons. The molecule has 0 aromatic carbocycles. The van der Waals surface area contributed by atoms with Crippen LogP contribution < -0.4 is 0 Å². The molecule has 6 heteroatoms. The van der Waals surface area contributed by atoms with Crippen molar-refractivity contribution in [2.45, 2.75) is 13.3 Å². The highest BCUT2D eigenvalue weighted by Crippen LogP contribution is 2.18. The Bertz CT molecular complexity index is 524. The molecule has 2 heterocycles. The highest BCUT2D eigenvalue weighted by molar-refractivity contribution is 7.14. The van der Waals surface area contributed by atoms with Gasteiger partial charge in [0, 0.05) is 11.6 Å². The molecule has 0 saturated heterocycles. The number of nitrogens with zero attached hydrogens (tertiary/aromatic N) is 3. The van der Waals surface area contributed by atoms with Gasteiger partial charge in [0.05, 0.1) is 18.7 Å². The molecule has 1 unspecified atom stereocenters. The fraction of sp³-hybridized carbons (Fsp3) is 0.300. The van der Waals surface area contributed by atoms with Crippen LogP contribution in [-0.2, 0) is 16.0 Å². The Morgan fingerprint density at radius 3 is 3.12 bits per heavy atom. The number of carbonyl (C=O) groups is 1. The maximum atomic E-state index is 11.4. The molecule has 0 bridgehead atoms. The lowest BCUT2D eigenvalue weighted by Gasteiger charge is -2.02. The Morgan fingerprint density at radius 1 is 1.56 bits per heavy atom. The van der Waals surface area contributed by atoms with Gasteiger partial charge in [-0.2, -0.15) is 0 Å². The van der Waals surface area contributed by atoms with Gasteiger partial charge in [0.25, 0.3) is 0 Å². The fourth-order valence-electron chi connectivity index (χ4n) is 1.51. The third-order valence-electron chi connectivity index (χ3n) is 2.21. The average molecular weight is 237 g/mol. The summed E-state index contributed by atoms with van der Waals surface area (Å²) in [6.45, 7) is 2.17. The van der Waals surface area contributed by atoms with Gasteiger partial charge >= 0.3 is 5.97 Å². The summed E-state index contributed by atoms with van der Waals surface area (Å²) in [5.74, 6) is -0.265. The molecule has 16 heavy (non-hydrogen) atoms. The van der Waals surface area contributed by atoms with Gasteiger partial charge in [-0.05, 0) is 22.4 Å². The second-order valence-corrected chi connectivity index (χ2v) is 3.82. The largest absolute Gasteiger partial charge is 0.466 e. The third-order valence-corrected chi connectivity index (χ3v) is 2.63. The Morgan fingerprint density at radius 2 is 2.38 bits per heavy atom. The quantitative estimate of drug-likeness (QED) is 0.594.